The molecule has 0 N–H and O–H groups in total. The highest BCUT2D eigenvalue weighted by Gasteiger charge is 2.08. The number of ketones is 1. The highest BCUT2D eigenvalue weighted by molar-refractivity contribution is 14.1. The molecule has 0 saturated carbocycles. The van der Waals surface area contributed by atoms with Crippen LogP contribution in [-0.2, 0) is 6.42 Å². The van der Waals surface area contributed by atoms with Gasteiger partial charge in [0.25, 0.3) is 0 Å². The predicted octanol–water partition coefficient (Wildman–Crippen LogP) is 4.26. The van der Waals surface area contributed by atoms with Crippen molar-refractivity contribution in [1.29, 1.82) is 0 Å². The lowest BCUT2D eigenvalue weighted by atomic mass is 10.1. The van der Waals surface area contributed by atoms with Gasteiger partial charge < -0.3 is 0 Å². The van der Waals surface area contributed by atoms with Gasteiger partial charge in [-0.1, -0.05) is 36.4 Å². The summed E-state index contributed by atoms with van der Waals surface area (Å²) in [6.45, 7) is 0. The summed E-state index contributed by atoms with van der Waals surface area (Å²) in [5, 5.41) is 1.10. The molecule has 1 aromatic heterocycles. The average Bonchev–Trinajstić information content (AvgIpc) is 2.48. The predicted molar refractivity (Wildman–Crippen MR) is 88.9 cm³/mol. The first-order valence-electron chi connectivity index (χ1n) is 6.36. The molecule has 1 heterocycles. The fraction of sp³-hybridized carbons (Fsp3) is 0.0588. The minimum Gasteiger partial charge on any atom is -0.294 e. The molecule has 3 heteroatoms. The molecular weight excluding hydrogens is 361 g/mol. The zero-order valence-corrected chi connectivity index (χ0v) is 12.9. The molecule has 3 aromatic rings. The van der Waals surface area contributed by atoms with Crippen LogP contribution in [0.5, 0.6) is 0 Å². The van der Waals surface area contributed by atoms with Gasteiger partial charge in [0.15, 0.2) is 5.78 Å². The number of fused-ring (bicyclic) bond motifs is 1. The van der Waals surface area contributed by atoms with Crippen LogP contribution >= 0.6 is 22.6 Å². The van der Waals surface area contributed by atoms with E-state index in [0.717, 1.165) is 25.7 Å². The summed E-state index contributed by atoms with van der Waals surface area (Å²) < 4.78 is 1.13. The third-order valence-corrected chi connectivity index (χ3v) is 3.88. The average molecular weight is 373 g/mol. The Kier molecular flexibility index (Phi) is 3.78. The van der Waals surface area contributed by atoms with Crippen molar-refractivity contribution < 1.29 is 4.79 Å². The van der Waals surface area contributed by atoms with E-state index in [2.05, 4.69) is 27.6 Å². The van der Waals surface area contributed by atoms with Crippen LogP contribution in [0, 0.1) is 3.57 Å². The van der Waals surface area contributed by atoms with E-state index >= 15 is 0 Å². The van der Waals surface area contributed by atoms with Crippen molar-refractivity contribution in [3.05, 3.63) is 75.5 Å². The Bertz CT molecular complexity index is 765. The quantitative estimate of drug-likeness (QED) is 0.507. The fourth-order valence-corrected chi connectivity index (χ4v) is 2.47. The zero-order valence-electron chi connectivity index (χ0n) is 10.7. The summed E-state index contributed by atoms with van der Waals surface area (Å²) in [5.41, 5.74) is 2.48. The summed E-state index contributed by atoms with van der Waals surface area (Å²) in [5.74, 6) is 0.101. The Labute approximate surface area is 131 Å². The molecule has 3 rings (SSSR count). The molecule has 0 unspecified atom stereocenters. The zero-order chi connectivity index (χ0) is 13.9. The minimum atomic E-state index is 0.101. The fourth-order valence-electron chi connectivity index (χ4n) is 2.11. The van der Waals surface area contributed by atoms with Crippen LogP contribution in [0.2, 0.25) is 0 Å². The highest BCUT2D eigenvalue weighted by atomic mass is 127. The van der Waals surface area contributed by atoms with Crippen LogP contribution in [0.4, 0.5) is 0 Å². The van der Waals surface area contributed by atoms with Gasteiger partial charge in [0.05, 0.1) is 11.9 Å². The Morgan fingerprint density at radius 1 is 0.950 bits per heavy atom. The van der Waals surface area contributed by atoms with E-state index in [1.807, 2.05) is 60.7 Å². The molecule has 20 heavy (non-hydrogen) atoms. The van der Waals surface area contributed by atoms with Crippen molar-refractivity contribution in [2.24, 2.45) is 0 Å². The molecule has 0 saturated heterocycles. The molecule has 2 aromatic carbocycles. The second-order valence-corrected chi connectivity index (χ2v) is 5.85. The van der Waals surface area contributed by atoms with Gasteiger partial charge in [0.1, 0.15) is 0 Å². The molecule has 0 aliphatic heterocycles. The molecule has 0 aliphatic carbocycles. The molecule has 0 radical (unpaired) electrons. The summed E-state index contributed by atoms with van der Waals surface area (Å²) in [6, 6.07) is 19.5. The number of pyridine rings is 1. The number of rotatable bonds is 3. The number of carbonyl (C=O) groups excluding carboxylic acids is 1. The van der Waals surface area contributed by atoms with Crippen molar-refractivity contribution in [1.82, 2.24) is 4.98 Å². The first-order chi connectivity index (χ1) is 9.72. The lowest BCUT2D eigenvalue weighted by Gasteiger charge is -2.03. The molecule has 98 valence electrons. The molecule has 0 bridgehead atoms. The molecule has 0 aliphatic rings. The molecule has 0 fully saturated rings. The van der Waals surface area contributed by atoms with Gasteiger partial charge in [0, 0.05) is 20.2 Å². The summed E-state index contributed by atoms with van der Waals surface area (Å²) in [4.78, 5) is 16.8. The van der Waals surface area contributed by atoms with E-state index in [-0.39, 0.29) is 5.78 Å². The van der Waals surface area contributed by atoms with Gasteiger partial charge in [-0.2, -0.15) is 0 Å². The number of halogens is 1. The second kappa shape index (κ2) is 5.71. The van der Waals surface area contributed by atoms with Crippen LogP contribution in [0.3, 0.4) is 0 Å². The number of carbonyl (C=O) groups is 1. The maximum atomic E-state index is 12.2. The van der Waals surface area contributed by atoms with Crippen molar-refractivity contribution in [3.63, 3.8) is 0 Å². The van der Waals surface area contributed by atoms with Crippen LogP contribution in [-0.4, -0.2) is 10.8 Å². The van der Waals surface area contributed by atoms with Crippen molar-refractivity contribution >= 4 is 39.3 Å². The van der Waals surface area contributed by atoms with E-state index in [4.69, 9.17) is 0 Å². The monoisotopic (exact) mass is 373 g/mol. The van der Waals surface area contributed by atoms with E-state index in [1.165, 1.54) is 0 Å². The van der Waals surface area contributed by atoms with Gasteiger partial charge in [-0.25, -0.2) is 0 Å². The van der Waals surface area contributed by atoms with Crippen LogP contribution in [0.1, 0.15) is 16.1 Å². The second-order valence-electron chi connectivity index (χ2n) is 4.60. The standard InChI is InChI=1S/C17H12INO/c18-14-8-5-13(6-9-14)17(20)11-15-10-7-12-3-1-2-4-16(12)19-15/h1-10H,11H2. The number of Topliss-reactive ketones (excluding diaryl/α,β-unsaturated/α-hetero) is 1. The summed E-state index contributed by atoms with van der Waals surface area (Å²) >= 11 is 2.23. The van der Waals surface area contributed by atoms with E-state index < -0.39 is 0 Å². The van der Waals surface area contributed by atoms with Gasteiger partial charge in [-0.3, -0.25) is 9.78 Å². The van der Waals surface area contributed by atoms with Gasteiger partial charge >= 0.3 is 0 Å². The summed E-state index contributed by atoms with van der Waals surface area (Å²) in [7, 11) is 0. The molecule has 2 nitrogen and oxygen atoms in total. The Balaban J connectivity index is 1.85. The van der Waals surface area contributed by atoms with Gasteiger partial charge in [0.2, 0.25) is 0 Å². The number of para-hydroxylation sites is 1. The van der Waals surface area contributed by atoms with Crippen molar-refractivity contribution in [2.75, 3.05) is 0 Å². The van der Waals surface area contributed by atoms with Crippen molar-refractivity contribution in [2.45, 2.75) is 6.42 Å². The first kappa shape index (κ1) is 13.2. The molecule has 0 spiro atoms. The number of hydrogen-bond acceptors (Lipinski definition) is 2. The third-order valence-electron chi connectivity index (χ3n) is 3.16. The van der Waals surface area contributed by atoms with Gasteiger partial charge in [-0.05, 0) is 46.9 Å². The highest BCUT2D eigenvalue weighted by Crippen LogP contribution is 2.14. The van der Waals surface area contributed by atoms with Crippen molar-refractivity contribution in [3.8, 4) is 0 Å². The topological polar surface area (TPSA) is 30.0 Å². The van der Waals surface area contributed by atoms with Gasteiger partial charge in [-0.15, -0.1) is 0 Å². The van der Waals surface area contributed by atoms with Crippen LogP contribution < -0.4 is 0 Å². The summed E-state index contributed by atoms with van der Waals surface area (Å²) in [6.07, 6.45) is 0.339. The minimum absolute atomic E-state index is 0.101. The normalized spacial score (nSPS) is 10.7. The lowest BCUT2D eigenvalue weighted by Crippen LogP contribution is -2.05. The van der Waals surface area contributed by atoms with Crippen LogP contribution in [0.25, 0.3) is 10.9 Å². The third kappa shape index (κ3) is 2.88. The first-order valence-corrected chi connectivity index (χ1v) is 7.44. The smallest absolute Gasteiger partial charge is 0.168 e. The van der Waals surface area contributed by atoms with E-state index in [9.17, 15) is 4.79 Å². The number of aromatic nitrogens is 1. The Hall–Kier alpha value is -1.75. The molecule has 0 atom stereocenters. The lowest BCUT2D eigenvalue weighted by molar-refractivity contribution is 0.0992. The van der Waals surface area contributed by atoms with E-state index in [0.29, 0.717) is 6.42 Å². The van der Waals surface area contributed by atoms with E-state index in [1.54, 1.807) is 0 Å². The molecule has 0 amide bonds. The SMILES string of the molecule is O=C(Cc1ccc2ccccc2n1)c1ccc(I)cc1. The maximum absolute atomic E-state index is 12.2. The molecular formula is C17H12INO. The Morgan fingerprint density at radius 2 is 1.70 bits per heavy atom. The Morgan fingerprint density at radius 3 is 2.50 bits per heavy atom. The number of benzene rings is 2. The number of hydrogen-bond donors (Lipinski definition) is 0. The maximum Gasteiger partial charge on any atom is 0.168 e. The van der Waals surface area contributed by atoms with Crippen LogP contribution in [0.15, 0.2) is 60.7 Å². The largest absolute Gasteiger partial charge is 0.294 e. The number of nitrogens with zero attached hydrogens (tertiary/aromatic N) is 1.